The van der Waals surface area contributed by atoms with Gasteiger partial charge in [-0.25, -0.2) is 8.42 Å². The van der Waals surface area contributed by atoms with E-state index >= 15 is 0 Å². The number of hydrogen-bond donors (Lipinski definition) is 1. The molecule has 0 atom stereocenters. The van der Waals surface area contributed by atoms with Gasteiger partial charge in [-0.2, -0.15) is 0 Å². The largest absolute Gasteiger partial charge is 0.275 e. The fourth-order valence-corrected chi connectivity index (χ4v) is 1.18. The summed E-state index contributed by atoms with van der Waals surface area (Å²) in [5.74, 6) is 0. The van der Waals surface area contributed by atoms with Gasteiger partial charge in [0, 0.05) is 0 Å². The molecule has 3 nitrogen and oxygen atoms in total. The van der Waals surface area contributed by atoms with Gasteiger partial charge >= 0.3 is 0 Å². The predicted molar refractivity (Wildman–Crippen MR) is 43.3 cm³/mol. The average Bonchev–Trinajstić information content (AvgIpc) is 1.87. The van der Waals surface area contributed by atoms with E-state index in [1.807, 2.05) is 13.8 Å². The smallest absolute Gasteiger partial charge is 0.256 e. The third kappa shape index (κ3) is 3.22. The third-order valence-corrected chi connectivity index (χ3v) is 2.38. The van der Waals surface area contributed by atoms with Crippen molar-refractivity contribution in [2.45, 2.75) is 32.2 Å². The van der Waals surface area contributed by atoms with Crippen molar-refractivity contribution in [1.29, 1.82) is 0 Å². The molecule has 0 rings (SSSR count). The van der Waals surface area contributed by atoms with Crippen molar-refractivity contribution in [1.82, 2.24) is 0 Å². The summed E-state index contributed by atoms with van der Waals surface area (Å²) in [6.07, 6.45) is 1.43. The van der Waals surface area contributed by atoms with Crippen molar-refractivity contribution >= 4 is 18.8 Å². The van der Waals surface area contributed by atoms with Crippen LogP contribution in [0.25, 0.3) is 0 Å². The van der Waals surface area contributed by atoms with Crippen molar-refractivity contribution in [3.05, 3.63) is 0 Å². The van der Waals surface area contributed by atoms with E-state index in [0.29, 0.717) is 12.8 Å². The Labute approximate surface area is 64.3 Å². The summed E-state index contributed by atoms with van der Waals surface area (Å²) in [5, 5.41) is 0. The van der Waals surface area contributed by atoms with Gasteiger partial charge in [-0.05, 0) is 12.8 Å². The predicted octanol–water partition coefficient (Wildman–Crippen LogP) is -0.321. The van der Waals surface area contributed by atoms with E-state index in [1.54, 1.807) is 7.85 Å². The molecule has 0 unspecified atom stereocenters. The lowest BCUT2D eigenvalue weighted by molar-refractivity contribution is 0.163. The van der Waals surface area contributed by atoms with E-state index in [1.165, 1.54) is 0 Å². The van der Waals surface area contributed by atoms with Crippen LogP contribution in [0.5, 0.6) is 0 Å². The molecular weight excluding hydrogens is 151 g/mol. The normalized spacial score (nSPS) is 12.3. The molecule has 60 valence electrons. The quantitative estimate of drug-likeness (QED) is 0.457. The Hall–Kier alpha value is -0.0251. The summed E-state index contributed by atoms with van der Waals surface area (Å²) in [5.41, 5.74) is -0.491. The molecular formula is C5H13BO3S. The molecule has 10 heavy (non-hydrogen) atoms. The number of hydrogen-bond acceptors (Lipinski definition) is 3. The first kappa shape index (κ1) is 9.97. The minimum absolute atomic E-state index is 0.491. The van der Waals surface area contributed by atoms with Gasteiger partial charge in [-0.1, -0.05) is 13.8 Å². The number of rotatable bonds is 4. The van der Waals surface area contributed by atoms with Crippen molar-refractivity contribution in [2.24, 2.45) is 0 Å². The Morgan fingerprint density at radius 1 is 1.40 bits per heavy atom. The Balaban J connectivity index is 4.05. The highest BCUT2D eigenvalue weighted by Crippen LogP contribution is 2.14. The summed E-state index contributed by atoms with van der Waals surface area (Å²) in [6.45, 7) is 3.81. The molecule has 0 aliphatic rings. The second-order valence-corrected chi connectivity index (χ2v) is 3.10. The molecule has 0 radical (unpaired) electrons. The van der Waals surface area contributed by atoms with Crippen molar-refractivity contribution in [2.75, 3.05) is 0 Å². The minimum atomic E-state index is -2.70. The summed E-state index contributed by atoms with van der Waals surface area (Å²) in [7, 11) is -0.910. The van der Waals surface area contributed by atoms with Crippen LogP contribution in [-0.2, 0) is 15.2 Å². The molecule has 0 aromatic carbocycles. The lowest BCUT2D eigenvalue weighted by Gasteiger charge is -2.22. The molecule has 0 fully saturated rings. The van der Waals surface area contributed by atoms with Gasteiger partial charge in [-0.3, -0.25) is 4.18 Å². The van der Waals surface area contributed by atoms with Crippen molar-refractivity contribution < 1.29 is 12.6 Å². The van der Waals surface area contributed by atoms with Crippen LogP contribution in [0, 0.1) is 0 Å². The van der Waals surface area contributed by atoms with Gasteiger partial charge in [0.1, 0.15) is 7.85 Å². The SMILES string of the molecule is BC(CC)(CC)O[SH](=O)=O. The monoisotopic (exact) mass is 164 g/mol. The number of thiol groups is 1. The van der Waals surface area contributed by atoms with Crippen LogP contribution in [0.2, 0.25) is 0 Å². The minimum Gasteiger partial charge on any atom is -0.275 e. The standard InChI is InChI=1S/C5H13BO3S/c1-3-5(6,4-2)9-10(7)8/h10H,3-4,6H2,1-2H3. The van der Waals surface area contributed by atoms with Crippen molar-refractivity contribution in [3.8, 4) is 0 Å². The highest BCUT2D eigenvalue weighted by atomic mass is 32.2. The van der Waals surface area contributed by atoms with Crippen LogP contribution in [0.1, 0.15) is 26.7 Å². The first-order valence-corrected chi connectivity index (χ1v) is 4.47. The van der Waals surface area contributed by atoms with Crippen LogP contribution in [-0.4, -0.2) is 21.8 Å². The highest BCUT2D eigenvalue weighted by Gasteiger charge is 2.21. The molecule has 0 aromatic heterocycles. The molecule has 0 aliphatic heterocycles. The highest BCUT2D eigenvalue weighted by molar-refractivity contribution is 7.67. The van der Waals surface area contributed by atoms with Crippen LogP contribution in [0.15, 0.2) is 0 Å². The molecule has 0 aromatic rings. The molecule has 0 saturated heterocycles. The molecule has 0 saturated carbocycles. The summed E-state index contributed by atoms with van der Waals surface area (Å²) in [6, 6.07) is 0. The van der Waals surface area contributed by atoms with Gasteiger partial charge in [0.15, 0.2) is 0 Å². The summed E-state index contributed by atoms with van der Waals surface area (Å²) >= 11 is 0. The fraction of sp³-hybridized carbons (Fsp3) is 1.00. The molecule has 0 heterocycles. The summed E-state index contributed by atoms with van der Waals surface area (Å²) < 4.78 is 25.0. The van der Waals surface area contributed by atoms with Gasteiger partial charge in [-0.15, -0.1) is 0 Å². The van der Waals surface area contributed by atoms with E-state index in [-0.39, 0.29) is 0 Å². The first-order valence-electron chi connectivity index (χ1n) is 3.37. The van der Waals surface area contributed by atoms with Gasteiger partial charge in [0.2, 0.25) is 0 Å². The maximum absolute atomic E-state index is 10.1. The van der Waals surface area contributed by atoms with E-state index < -0.39 is 16.5 Å². The maximum Gasteiger partial charge on any atom is 0.256 e. The van der Waals surface area contributed by atoms with E-state index in [0.717, 1.165) is 0 Å². The molecule has 0 bridgehead atoms. The van der Waals surface area contributed by atoms with E-state index in [2.05, 4.69) is 4.18 Å². The first-order chi connectivity index (χ1) is 4.54. The maximum atomic E-state index is 10.1. The molecule has 0 aliphatic carbocycles. The Kier molecular flexibility index (Phi) is 3.97. The van der Waals surface area contributed by atoms with Crippen LogP contribution < -0.4 is 0 Å². The molecule has 0 N–H and O–H groups in total. The van der Waals surface area contributed by atoms with Crippen LogP contribution >= 0.6 is 0 Å². The molecule has 0 spiro atoms. The summed E-state index contributed by atoms with van der Waals surface area (Å²) in [4.78, 5) is 0. The van der Waals surface area contributed by atoms with Gasteiger partial charge in [0.05, 0.1) is 5.50 Å². The Morgan fingerprint density at radius 3 is 1.90 bits per heavy atom. The lowest BCUT2D eigenvalue weighted by atomic mass is 9.77. The van der Waals surface area contributed by atoms with E-state index in [9.17, 15) is 8.42 Å². The Morgan fingerprint density at radius 2 is 1.80 bits per heavy atom. The fourth-order valence-electron chi connectivity index (χ4n) is 0.559. The van der Waals surface area contributed by atoms with Gasteiger partial charge in [0.25, 0.3) is 11.0 Å². The molecule has 0 amide bonds. The topological polar surface area (TPSA) is 43.4 Å². The van der Waals surface area contributed by atoms with E-state index in [4.69, 9.17) is 0 Å². The van der Waals surface area contributed by atoms with Crippen LogP contribution in [0.3, 0.4) is 0 Å². The molecule has 5 heteroatoms. The zero-order valence-electron chi connectivity index (χ0n) is 6.59. The second kappa shape index (κ2) is 3.98. The zero-order chi connectivity index (χ0) is 8.20. The lowest BCUT2D eigenvalue weighted by Crippen LogP contribution is -2.30. The average molecular weight is 164 g/mol. The van der Waals surface area contributed by atoms with Crippen LogP contribution in [0.4, 0.5) is 0 Å². The zero-order valence-corrected chi connectivity index (χ0v) is 7.48. The van der Waals surface area contributed by atoms with Gasteiger partial charge < -0.3 is 0 Å². The van der Waals surface area contributed by atoms with Crippen molar-refractivity contribution in [3.63, 3.8) is 0 Å². The Bertz CT molecular complexity index is 154. The third-order valence-electron chi connectivity index (χ3n) is 1.79. The second-order valence-electron chi connectivity index (χ2n) is 2.47.